The Morgan fingerprint density at radius 2 is 2.40 bits per heavy atom. The summed E-state index contributed by atoms with van der Waals surface area (Å²) in [5.74, 6) is 0.535. The highest BCUT2D eigenvalue weighted by Crippen LogP contribution is 2.11. The predicted octanol–water partition coefficient (Wildman–Crippen LogP) is 1.91. The molecule has 1 aromatic heterocycles. The fourth-order valence-electron chi connectivity index (χ4n) is 0.804. The Morgan fingerprint density at radius 3 is 2.70 bits per heavy atom. The number of aromatic nitrogens is 2. The minimum Gasteiger partial charge on any atom is -0.282 e. The van der Waals surface area contributed by atoms with E-state index in [-0.39, 0.29) is 0 Å². The van der Waals surface area contributed by atoms with E-state index in [2.05, 4.69) is 37.0 Å². The van der Waals surface area contributed by atoms with Gasteiger partial charge in [-0.25, -0.2) is 0 Å². The minimum atomic E-state index is 0.535. The lowest BCUT2D eigenvalue weighted by atomic mass is 10.1. The molecule has 0 aromatic carbocycles. The zero-order chi connectivity index (χ0) is 7.56. The van der Waals surface area contributed by atoms with Crippen LogP contribution in [0.1, 0.15) is 31.2 Å². The van der Waals surface area contributed by atoms with E-state index in [9.17, 15) is 0 Å². The summed E-state index contributed by atoms with van der Waals surface area (Å²) in [7, 11) is 0. The van der Waals surface area contributed by atoms with Gasteiger partial charge in [-0.3, -0.25) is 5.10 Å². The molecule has 10 heavy (non-hydrogen) atoms. The van der Waals surface area contributed by atoms with Crippen LogP contribution in [0.5, 0.6) is 0 Å². The van der Waals surface area contributed by atoms with E-state index in [0.29, 0.717) is 5.92 Å². The van der Waals surface area contributed by atoms with Gasteiger partial charge < -0.3 is 0 Å². The Kier molecular flexibility index (Phi) is 2.10. The van der Waals surface area contributed by atoms with Gasteiger partial charge >= 0.3 is 0 Å². The van der Waals surface area contributed by atoms with Crippen LogP contribution >= 0.6 is 0 Å². The first-order valence-electron chi connectivity index (χ1n) is 3.57. The molecule has 0 aliphatic rings. The van der Waals surface area contributed by atoms with Gasteiger partial charge in [-0.2, -0.15) is 5.10 Å². The van der Waals surface area contributed by atoms with Gasteiger partial charge in [-0.1, -0.05) is 13.8 Å². The summed E-state index contributed by atoms with van der Waals surface area (Å²) in [4.78, 5) is 0. The number of nitrogens with one attached hydrogen (secondary N) is 1. The largest absolute Gasteiger partial charge is 0.282 e. The van der Waals surface area contributed by atoms with E-state index in [1.165, 1.54) is 5.69 Å². The quantitative estimate of drug-likeness (QED) is 0.662. The van der Waals surface area contributed by atoms with Crippen molar-refractivity contribution in [3.63, 3.8) is 0 Å². The van der Waals surface area contributed by atoms with E-state index in [1.54, 1.807) is 0 Å². The number of hydrogen-bond acceptors (Lipinski definition) is 1. The van der Waals surface area contributed by atoms with Crippen molar-refractivity contribution in [2.75, 3.05) is 0 Å². The van der Waals surface area contributed by atoms with Crippen LogP contribution in [0.3, 0.4) is 0 Å². The maximum absolute atomic E-state index is 4.07. The zero-order valence-corrected chi connectivity index (χ0v) is 6.52. The molecule has 1 N–H and O–H groups in total. The van der Waals surface area contributed by atoms with Gasteiger partial charge in [0.05, 0.1) is 5.69 Å². The fourth-order valence-corrected chi connectivity index (χ4v) is 0.804. The first-order chi connectivity index (χ1) is 4.74. The molecule has 0 spiro atoms. The average molecular weight is 137 g/mol. The molecule has 2 nitrogen and oxygen atoms in total. The van der Waals surface area contributed by atoms with Gasteiger partial charge in [-0.15, -0.1) is 0 Å². The maximum atomic E-state index is 4.07. The molecule has 0 saturated carbocycles. The molecule has 2 heteroatoms. The molecule has 1 aromatic rings. The molecule has 1 heterocycles. The van der Waals surface area contributed by atoms with Crippen LogP contribution in [0.25, 0.3) is 0 Å². The van der Waals surface area contributed by atoms with Gasteiger partial charge in [0.15, 0.2) is 0 Å². The van der Waals surface area contributed by atoms with Crippen molar-refractivity contribution < 1.29 is 0 Å². The third-order valence-electron chi connectivity index (χ3n) is 1.53. The molecule has 0 saturated heterocycles. The Labute approximate surface area is 61.7 Å². The highest BCUT2D eigenvalue weighted by Gasteiger charge is 2.01. The van der Waals surface area contributed by atoms with Gasteiger partial charge in [0.1, 0.15) is 0 Å². The molecule has 1 rings (SSSR count). The van der Waals surface area contributed by atoms with Gasteiger partial charge in [0.25, 0.3) is 0 Å². The van der Waals surface area contributed by atoms with E-state index >= 15 is 0 Å². The van der Waals surface area contributed by atoms with E-state index < -0.39 is 0 Å². The van der Waals surface area contributed by atoms with E-state index in [0.717, 1.165) is 12.1 Å². The molecule has 0 atom stereocenters. The molecule has 0 amide bonds. The molecule has 0 aliphatic heterocycles. The fraction of sp³-hybridized carbons (Fsp3) is 0.500. The number of hydrogen-bond donors (Lipinski definition) is 1. The molecular formula is C8H13N2. The molecule has 55 valence electrons. The Balaban J connectivity index is 2.78. The lowest BCUT2D eigenvalue weighted by Gasteiger charge is -1.96. The van der Waals surface area contributed by atoms with Crippen molar-refractivity contribution in [1.29, 1.82) is 0 Å². The number of rotatable bonds is 2. The predicted molar refractivity (Wildman–Crippen MR) is 41.7 cm³/mol. The van der Waals surface area contributed by atoms with Crippen molar-refractivity contribution >= 4 is 0 Å². The Bertz CT molecular complexity index is 201. The molecule has 0 unspecified atom stereocenters. The summed E-state index contributed by atoms with van der Waals surface area (Å²) in [5, 5.41) is 7.03. The van der Waals surface area contributed by atoms with Crippen LogP contribution in [0.15, 0.2) is 6.07 Å². The van der Waals surface area contributed by atoms with Crippen LogP contribution in [0.2, 0.25) is 0 Å². The topological polar surface area (TPSA) is 28.7 Å². The Hall–Kier alpha value is -0.790. The highest BCUT2D eigenvalue weighted by molar-refractivity contribution is 5.12. The standard InChI is InChI=1S/C8H13N2/c1-4-7-5-8(6(2)3)10-9-7/h5-6H,1,4H2,2-3H3,(H,9,10). The second-order valence-corrected chi connectivity index (χ2v) is 2.72. The van der Waals surface area contributed by atoms with Gasteiger partial charge in [0.2, 0.25) is 0 Å². The lowest BCUT2D eigenvalue weighted by Crippen LogP contribution is -1.85. The molecule has 0 bridgehead atoms. The van der Waals surface area contributed by atoms with Gasteiger partial charge in [-0.05, 0) is 25.3 Å². The summed E-state index contributed by atoms with van der Waals surface area (Å²) >= 11 is 0. The molecule has 1 radical (unpaired) electrons. The molecule has 0 fully saturated rings. The van der Waals surface area contributed by atoms with Crippen LogP contribution in [0, 0.1) is 6.92 Å². The summed E-state index contributed by atoms with van der Waals surface area (Å²) in [6, 6.07) is 2.07. The zero-order valence-electron chi connectivity index (χ0n) is 6.52. The molecular weight excluding hydrogens is 124 g/mol. The second kappa shape index (κ2) is 2.86. The minimum absolute atomic E-state index is 0.535. The van der Waals surface area contributed by atoms with Crippen LogP contribution in [0.4, 0.5) is 0 Å². The van der Waals surface area contributed by atoms with Gasteiger partial charge in [0, 0.05) is 5.69 Å². The number of H-pyrrole nitrogens is 1. The summed E-state index contributed by atoms with van der Waals surface area (Å²) in [5.41, 5.74) is 2.24. The van der Waals surface area contributed by atoms with Crippen LogP contribution < -0.4 is 0 Å². The highest BCUT2D eigenvalue weighted by atomic mass is 15.1. The van der Waals surface area contributed by atoms with E-state index in [4.69, 9.17) is 0 Å². The van der Waals surface area contributed by atoms with Crippen LogP contribution in [-0.4, -0.2) is 10.2 Å². The van der Waals surface area contributed by atoms with Crippen LogP contribution in [-0.2, 0) is 6.42 Å². The molecule has 0 aliphatic carbocycles. The first kappa shape index (κ1) is 7.32. The lowest BCUT2D eigenvalue weighted by molar-refractivity contribution is 0.809. The van der Waals surface area contributed by atoms with Crippen molar-refractivity contribution in [2.24, 2.45) is 0 Å². The number of nitrogens with zero attached hydrogens (tertiary/aromatic N) is 1. The summed E-state index contributed by atoms with van der Waals surface area (Å²) < 4.78 is 0. The first-order valence-corrected chi connectivity index (χ1v) is 3.57. The smallest absolute Gasteiger partial charge is 0.0625 e. The third-order valence-corrected chi connectivity index (χ3v) is 1.53. The summed E-state index contributed by atoms with van der Waals surface area (Å²) in [6.07, 6.45) is 0.767. The second-order valence-electron chi connectivity index (χ2n) is 2.72. The third kappa shape index (κ3) is 1.38. The Morgan fingerprint density at radius 1 is 1.70 bits per heavy atom. The summed E-state index contributed by atoms with van der Waals surface area (Å²) in [6.45, 7) is 8.02. The van der Waals surface area contributed by atoms with Crippen molar-refractivity contribution in [3.05, 3.63) is 24.4 Å². The van der Waals surface area contributed by atoms with Crippen molar-refractivity contribution in [2.45, 2.75) is 26.2 Å². The monoisotopic (exact) mass is 137 g/mol. The number of aromatic amines is 1. The maximum Gasteiger partial charge on any atom is 0.0625 e. The average Bonchev–Trinajstić information content (AvgIpc) is 2.34. The van der Waals surface area contributed by atoms with Crippen molar-refractivity contribution in [3.8, 4) is 0 Å². The normalized spacial score (nSPS) is 10.8. The van der Waals surface area contributed by atoms with E-state index in [1.807, 2.05) is 0 Å². The van der Waals surface area contributed by atoms with Crippen molar-refractivity contribution in [1.82, 2.24) is 10.2 Å². The SMILES string of the molecule is [CH2]Cc1cc(C(C)C)[nH]n1.